The van der Waals surface area contributed by atoms with Crippen LogP contribution in [-0.2, 0) is 4.74 Å². The van der Waals surface area contributed by atoms with Crippen molar-refractivity contribution in [2.24, 2.45) is 4.99 Å². The van der Waals surface area contributed by atoms with Gasteiger partial charge in [0.2, 0.25) is 0 Å². The van der Waals surface area contributed by atoms with Gasteiger partial charge in [0, 0.05) is 30.5 Å². The van der Waals surface area contributed by atoms with Crippen molar-refractivity contribution in [1.82, 2.24) is 10.6 Å². The van der Waals surface area contributed by atoms with Crippen molar-refractivity contribution in [3.8, 4) is 0 Å². The molecule has 6 heteroatoms. The molecular weight excluding hydrogens is 409 g/mol. The summed E-state index contributed by atoms with van der Waals surface area (Å²) in [5.74, 6) is 1.33. The van der Waals surface area contributed by atoms with Crippen molar-refractivity contribution in [2.75, 3.05) is 32.8 Å². The van der Waals surface area contributed by atoms with Crippen molar-refractivity contribution in [1.29, 1.82) is 0 Å². The van der Waals surface area contributed by atoms with Crippen LogP contribution in [0.2, 0.25) is 0 Å². The molecule has 0 aromatic carbocycles. The van der Waals surface area contributed by atoms with Crippen LogP contribution in [-0.4, -0.2) is 38.8 Å². The van der Waals surface area contributed by atoms with Crippen molar-refractivity contribution >= 4 is 41.3 Å². The van der Waals surface area contributed by atoms with E-state index in [2.05, 4.69) is 53.9 Å². The molecule has 1 atom stereocenters. The van der Waals surface area contributed by atoms with E-state index in [1.165, 1.54) is 11.3 Å². The molecule has 128 valence electrons. The van der Waals surface area contributed by atoms with E-state index in [1.54, 1.807) is 11.3 Å². The van der Waals surface area contributed by atoms with Crippen LogP contribution >= 0.6 is 35.3 Å². The highest BCUT2D eigenvalue weighted by molar-refractivity contribution is 14.0. The van der Waals surface area contributed by atoms with Crippen LogP contribution in [0.4, 0.5) is 0 Å². The third-order valence-electron chi connectivity index (χ3n) is 3.08. The van der Waals surface area contributed by atoms with Gasteiger partial charge in [-0.2, -0.15) is 0 Å². The van der Waals surface area contributed by atoms with Crippen LogP contribution in [0.1, 0.15) is 44.4 Å². The molecule has 0 saturated carbocycles. The van der Waals surface area contributed by atoms with E-state index in [-0.39, 0.29) is 24.0 Å². The summed E-state index contributed by atoms with van der Waals surface area (Å²) in [6.45, 7) is 10.5. The zero-order valence-corrected chi connectivity index (χ0v) is 17.1. The number of hydrogen-bond donors (Lipinski definition) is 2. The summed E-state index contributed by atoms with van der Waals surface area (Å²) in [5, 5.41) is 8.71. The normalized spacial score (nSPS) is 12.6. The molecule has 4 nitrogen and oxygen atoms in total. The van der Waals surface area contributed by atoms with Gasteiger partial charge in [0.05, 0.1) is 13.2 Å². The Balaban J connectivity index is 0.00000441. The molecule has 1 rings (SSSR count). The average molecular weight is 439 g/mol. The Kier molecular flexibility index (Phi) is 14.0. The molecule has 22 heavy (non-hydrogen) atoms. The van der Waals surface area contributed by atoms with Gasteiger partial charge in [-0.1, -0.05) is 26.3 Å². The Morgan fingerprint density at radius 2 is 2.14 bits per heavy atom. The standard InChI is InChI=1S/C16H29N3OS.HI/c1-4-6-10-20-11-9-18-16(17-5-2)19-13-14(3)15-8-7-12-21-15;/h7-8,12,14H,4-6,9-11,13H2,1-3H3,(H2,17,18,19);1H. The molecule has 0 aliphatic rings. The molecule has 0 aliphatic carbocycles. The minimum absolute atomic E-state index is 0. The maximum atomic E-state index is 5.54. The fraction of sp³-hybridized carbons (Fsp3) is 0.688. The number of halogens is 1. The van der Waals surface area contributed by atoms with E-state index in [9.17, 15) is 0 Å². The molecule has 0 radical (unpaired) electrons. The highest BCUT2D eigenvalue weighted by atomic mass is 127. The molecule has 0 saturated heterocycles. The third kappa shape index (κ3) is 9.63. The highest BCUT2D eigenvalue weighted by Crippen LogP contribution is 2.20. The quantitative estimate of drug-likeness (QED) is 0.252. The Labute approximate surface area is 156 Å². The van der Waals surface area contributed by atoms with Crippen LogP contribution in [0.5, 0.6) is 0 Å². The van der Waals surface area contributed by atoms with E-state index in [4.69, 9.17) is 4.74 Å². The predicted octanol–water partition coefficient (Wildman–Crippen LogP) is 3.84. The number of guanidine groups is 1. The van der Waals surface area contributed by atoms with Gasteiger partial charge >= 0.3 is 0 Å². The Morgan fingerprint density at radius 1 is 1.32 bits per heavy atom. The van der Waals surface area contributed by atoms with E-state index in [0.29, 0.717) is 5.92 Å². The number of rotatable bonds is 10. The molecule has 1 heterocycles. The molecule has 0 bridgehead atoms. The fourth-order valence-corrected chi connectivity index (χ4v) is 2.60. The summed E-state index contributed by atoms with van der Waals surface area (Å²) in [5.41, 5.74) is 0. The number of unbranched alkanes of at least 4 members (excludes halogenated alkanes) is 1. The molecule has 0 amide bonds. The summed E-state index contributed by atoms with van der Waals surface area (Å²) in [7, 11) is 0. The number of thiophene rings is 1. The number of ether oxygens (including phenoxy) is 1. The number of nitrogens with zero attached hydrogens (tertiary/aromatic N) is 1. The Morgan fingerprint density at radius 3 is 2.77 bits per heavy atom. The average Bonchev–Trinajstić information content (AvgIpc) is 3.02. The van der Waals surface area contributed by atoms with Crippen molar-refractivity contribution in [2.45, 2.75) is 39.5 Å². The molecule has 2 N–H and O–H groups in total. The van der Waals surface area contributed by atoms with Gasteiger partial charge in [-0.05, 0) is 24.8 Å². The highest BCUT2D eigenvalue weighted by Gasteiger charge is 2.06. The summed E-state index contributed by atoms with van der Waals surface area (Å²) in [6.07, 6.45) is 2.31. The van der Waals surface area contributed by atoms with Gasteiger partial charge in [-0.25, -0.2) is 0 Å². The molecule has 0 fully saturated rings. The lowest BCUT2D eigenvalue weighted by Gasteiger charge is -2.13. The van der Waals surface area contributed by atoms with E-state index in [0.717, 1.165) is 45.2 Å². The van der Waals surface area contributed by atoms with Crippen LogP contribution in [0.3, 0.4) is 0 Å². The summed E-state index contributed by atoms with van der Waals surface area (Å²) in [6, 6.07) is 4.27. The van der Waals surface area contributed by atoms with Gasteiger partial charge in [-0.15, -0.1) is 35.3 Å². The lowest BCUT2D eigenvalue weighted by atomic mass is 10.1. The Bertz CT molecular complexity index is 385. The fourth-order valence-electron chi connectivity index (χ4n) is 1.82. The first-order valence-electron chi connectivity index (χ1n) is 7.91. The molecular formula is C16H30IN3OS. The minimum atomic E-state index is 0. The van der Waals surface area contributed by atoms with Gasteiger partial charge < -0.3 is 15.4 Å². The number of aliphatic imine (C=N–C) groups is 1. The molecule has 0 aliphatic heterocycles. The third-order valence-corrected chi connectivity index (χ3v) is 4.18. The lowest BCUT2D eigenvalue weighted by Crippen LogP contribution is -2.39. The Hall–Kier alpha value is -0.340. The van der Waals surface area contributed by atoms with Crippen LogP contribution in [0.25, 0.3) is 0 Å². The van der Waals surface area contributed by atoms with E-state index in [1.807, 2.05) is 0 Å². The van der Waals surface area contributed by atoms with Crippen molar-refractivity contribution in [3.05, 3.63) is 22.4 Å². The van der Waals surface area contributed by atoms with E-state index < -0.39 is 0 Å². The first-order valence-corrected chi connectivity index (χ1v) is 8.79. The zero-order valence-electron chi connectivity index (χ0n) is 13.9. The number of nitrogens with one attached hydrogen (secondary N) is 2. The second-order valence-corrected chi connectivity index (χ2v) is 6.01. The lowest BCUT2D eigenvalue weighted by molar-refractivity contribution is 0.136. The largest absolute Gasteiger partial charge is 0.380 e. The van der Waals surface area contributed by atoms with Crippen molar-refractivity contribution < 1.29 is 4.74 Å². The van der Waals surface area contributed by atoms with Gasteiger partial charge in [0.15, 0.2) is 5.96 Å². The van der Waals surface area contributed by atoms with Crippen molar-refractivity contribution in [3.63, 3.8) is 0 Å². The van der Waals surface area contributed by atoms with Crippen LogP contribution < -0.4 is 10.6 Å². The monoisotopic (exact) mass is 439 g/mol. The molecule has 1 aromatic rings. The van der Waals surface area contributed by atoms with E-state index >= 15 is 0 Å². The minimum Gasteiger partial charge on any atom is -0.380 e. The van der Waals surface area contributed by atoms with Gasteiger partial charge in [-0.3, -0.25) is 4.99 Å². The summed E-state index contributed by atoms with van der Waals surface area (Å²) >= 11 is 1.80. The summed E-state index contributed by atoms with van der Waals surface area (Å²) in [4.78, 5) is 6.04. The topological polar surface area (TPSA) is 45.6 Å². The van der Waals surface area contributed by atoms with Gasteiger partial charge in [0.25, 0.3) is 0 Å². The second-order valence-electron chi connectivity index (χ2n) is 5.03. The first kappa shape index (κ1) is 21.7. The molecule has 1 unspecified atom stereocenters. The smallest absolute Gasteiger partial charge is 0.191 e. The van der Waals surface area contributed by atoms with Gasteiger partial charge in [0.1, 0.15) is 0 Å². The SMILES string of the molecule is CCCCOCCNC(=NCC(C)c1cccs1)NCC.I. The predicted molar refractivity (Wildman–Crippen MR) is 108 cm³/mol. The molecule has 1 aromatic heterocycles. The second kappa shape index (κ2) is 14.3. The maximum absolute atomic E-state index is 5.54. The van der Waals surface area contributed by atoms with Crippen LogP contribution in [0.15, 0.2) is 22.5 Å². The zero-order chi connectivity index (χ0) is 15.3. The molecule has 0 spiro atoms. The maximum Gasteiger partial charge on any atom is 0.191 e. The first-order chi connectivity index (χ1) is 10.3. The van der Waals surface area contributed by atoms with Crippen LogP contribution in [0, 0.1) is 0 Å². The number of hydrogen-bond acceptors (Lipinski definition) is 3. The summed E-state index contributed by atoms with van der Waals surface area (Å²) < 4.78 is 5.54.